The topological polar surface area (TPSA) is 41.1 Å². The van der Waals surface area contributed by atoms with Crippen molar-refractivity contribution in [3.63, 3.8) is 0 Å². The lowest BCUT2D eigenvalue weighted by molar-refractivity contribution is 0.714. The first-order chi connectivity index (χ1) is 10.7. The fourth-order valence-electron chi connectivity index (χ4n) is 2.64. The maximum Gasteiger partial charge on any atom is 0.224 e. The minimum atomic E-state index is 0.383. The molecule has 0 radical (unpaired) electrons. The van der Waals surface area contributed by atoms with Crippen molar-refractivity contribution in [2.45, 2.75) is 39.3 Å². The molecule has 1 aliphatic rings. The molecule has 0 bridgehead atoms. The number of aromatic nitrogens is 2. The van der Waals surface area contributed by atoms with E-state index in [-0.39, 0.29) is 0 Å². The van der Waals surface area contributed by atoms with E-state index < -0.39 is 0 Å². The average Bonchev–Trinajstić information content (AvgIpc) is 2.54. The van der Waals surface area contributed by atoms with E-state index in [0.717, 1.165) is 36.2 Å². The van der Waals surface area contributed by atoms with Gasteiger partial charge in [-0.25, -0.2) is 4.98 Å². The Kier molecular flexibility index (Phi) is 4.62. The number of nitrogens with zero attached hydrogens (tertiary/aromatic N) is 3. The number of hydrogen-bond acceptors (Lipinski definition) is 4. The quantitative estimate of drug-likeness (QED) is 0.893. The van der Waals surface area contributed by atoms with E-state index in [0.29, 0.717) is 12.0 Å². The maximum atomic E-state index is 4.67. The summed E-state index contributed by atoms with van der Waals surface area (Å²) in [6.45, 7) is 6.19. The van der Waals surface area contributed by atoms with Crippen LogP contribution < -0.4 is 10.2 Å². The van der Waals surface area contributed by atoms with Crippen LogP contribution in [0.5, 0.6) is 0 Å². The molecule has 0 fully saturated rings. The van der Waals surface area contributed by atoms with Crippen LogP contribution in [0.25, 0.3) is 0 Å². The van der Waals surface area contributed by atoms with Crippen molar-refractivity contribution in [2.75, 3.05) is 16.8 Å². The Morgan fingerprint density at radius 3 is 3.00 bits per heavy atom. The lowest BCUT2D eigenvalue weighted by atomic mass is 10.00. The van der Waals surface area contributed by atoms with E-state index in [2.05, 4.69) is 68.2 Å². The Labute approximate surface area is 140 Å². The Morgan fingerprint density at radius 1 is 1.32 bits per heavy atom. The van der Waals surface area contributed by atoms with Gasteiger partial charge in [0.05, 0.1) is 0 Å². The molecule has 2 aromatic rings. The average molecular weight is 361 g/mol. The highest BCUT2D eigenvalue weighted by Gasteiger charge is 2.18. The van der Waals surface area contributed by atoms with Gasteiger partial charge in [-0.15, -0.1) is 0 Å². The fourth-order valence-corrected chi connectivity index (χ4v) is 3.05. The number of nitrogens with one attached hydrogen (secondary N) is 1. The molecule has 1 atom stereocenters. The Hall–Kier alpha value is -1.62. The molecule has 116 valence electrons. The van der Waals surface area contributed by atoms with Crippen LogP contribution in [0.2, 0.25) is 0 Å². The van der Waals surface area contributed by atoms with Gasteiger partial charge in [-0.05, 0) is 49.1 Å². The number of hydrogen-bond donors (Lipinski definition) is 1. The summed E-state index contributed by atoms with van der Waals surface area (Å²) in [6.07, 6.45) is 3.95. The zero-order valence-electron chi connectivity index (χ0n) is 13.0. The molecule has 4 nitrogen and oxygen atoms in total. The molecular formula is C17H21BrN4. The van der Waals surface area contributed by atoms with Gasteiger partial charge in [-0.3, -0.25) is 0 Å². The summed E-state index contributed by atoms with van der Waals surface area (Å²) in [4.78, 5) is 11.3. The van der Waals surface area contributed by atoms with E-state index in [9.17, 15) is 0 Å². The molecule has 1 N–H and O–H groups in total. The molecular weight excluding hydrogens is 340 g/mol. The van der Waals surface area contributed by atoms with Crippen LogP contribution >= 0.6 is 15.9 Å². The second-order valence-corrected chi connectivity index (χ2v) is 6.69. The summed E-state index contributed by atoms with van der Waals surface area (Å²) in [7, 11) is 0. The van der Waals surface area contributed by atoms with Crippen molar-refractivity contribution >= 4 is 27.7 Å². The van der Waals surface area contributed by atoms with Gasteiger partial charge in [0.25, 0.3) is 0 Å². The number of fused-ring (bicyclic) bond motifs is 1. The van der Waals surface area contributed by atoms with E-state index in [4.69, 9.17) is 0 Å². The normalized spacial score (nSPS) is 15.3. The van der Waals surface area contributed by atoms with Crippen molar-refractivity contribution in [2.24, 2.45) is 0 Å². The number of benzene rings is 1. The third-order valence-corrected chi connectivity index (χ3v) is 4.63. The van der Waals surface area contributed by atoms with Crippen LogP contribution in [0.15, 0.2) is 34.9 Å². The van der Waals surface area contributed by atoms with Crippen LogP contribution in [-0.2, 0) is 13.0 Å². The van der Waals surface area contributed by atoms with Crippen LogP contribution in [0, 0.1) is 0 Å². The molecule has 3 rings (SSSR count). The summed E-state index contributed by atoms with van der Waals surface area (Å²) >= 11 is 3.56. The minimum absolute atomic E-state index is 0.383. The molecule has 0 amide bonds. The third-order valence-electron chi connectivity index (χ3n) is 4.13. The number of anilines is 2. The molecule has 0 saturated carbocycles. The van der Waals surface area contributed by atoms with E-state index >= 15 is 0 Å². The molecule has 22 heavy (non-hydrogen) atoms. The van der Waals surface area contributed by atoms with E-state index in [1.54, 1.807) is 0 Å². The van der Waals surface area contributed by atoms with Gasteiger partial charge < -0.3 is 10.2 Å². The Balaban J connectivity index is 1.79. The first-order valence-corrected chi connectivity index (χ1v) is 8.57. The molecule has 1 aromatic heterocycles. The predicted octanol–water partition coefficient (Wildman–Crippen LogP) is 4.01. The highest BCUT2D eigenvalue weighted by atomic mass is 79.9. The minimum Gasteiger partial charge on any atom is -0.352 e. The summed E-state index contributed by atoms with van der Waals surface area (Å²) in [5.41, 5.74) is 2.81. The van der Waals surface area contributed by atoms with Gasteiger partial charge in [0.15, 0.2) is 0 Å². The zero-order chi connectivity index (χ0) is 15.5. The molecule has 5 heteroatoms. The van der Waals surface area contributed by atoms with Gasteiger partial charge in [-0.1, -0.05) is 28.9 Å². The van der Waals surface area contributed by atoms with Crippen molar-refractivity contribution in [1.82, 2.24) is 9.97 Å². The van der Waals surface area contributed by atoms with Crippen LogP contribution in [0.4, 0.5) is 11.8 Å². The fraction of sp³-hybridized carbons (Fsp3) is 0.412. The van der Waals surface area contributed by atoms with Crippen LogP contribution in [0.1, 0.15) is 31.4 Å². The summed E-state index contributed by atoms with van der Waals surface area (Å²) < 4.78 is 1.13. The first-order valence-electron chi connectivity index (χ1n) is 7.77. The molecule has 0 saturated heterocycles. The number of halogens is 1. The SMILES string of the molecule is CC[C@H](C)Nc1nccc(N2CCc3ccc(Br)cc3C2)n1. The molecule has 1 aromatic carbocycles. The van der Waals surface area contributed by atoms with Gasteiger partial charge in [0.2, 0.25) is 5.95 Å². The maximum absolute atomic E-state index is 4.67. The molecule has 0 spiro atoms. The third kappa shape index (κ3) is 3.40. The Bertz CT molecular complexity index is 659. The van der Waals surface area contributed by atoms with Crippen LogP contribution in [0.3, 0.4) is 0 Å². The Morgan fingerprint density at radius 2 is 2.18 bits per heavy atom. The first kappa shape index (κ1) is 15.3. The molecule has 0 unspecified atom stereocenters. The lowest BCUT2D eigenvalue weighted by Crippen LogP contribution is -2.31. The summed E-state index contributed by atoms with van der Waals surface area (Å²) in [6, 6.07) is 8.92. The van der Waals surface area contributed by atoms with Gasteiger partial charge >= 0.3 is 0 Å². The summed E-state index contributed by atoms with van der Waals surface area (Å²) in [5, 5.41) is 3.34. The highest BCUT2D eigenvalue weighted by molar-refractivity contribution is 9.10. The second kappa shape index (κ2) is 6.65. The smallest absolute Gasteiger partial charge is 0.224 e. The van der Waals surface area contributed by atoms with E-state index in [1.165, 1.54) is 11.1 Å². The largest absolute Gasteiger partial charge is 0.352 e. The van der Waals surface area contributed by atoms with Crippen molar-refractivity contribution < 1.29 is 0 Å². The van der Waals surface area contributed by atoms with E-state index in [1.807, 2.05) is 12.3 Å². The van der Waals surface area contributed by atoms with Crippen molar-refractivity contribution in [3.8, 4) is 0 Å². The molecule has 2 heterocycles. The van der Waals surface area contributed by atoms with Crippen molar-refractivity contribution in [1.29, 1.82) is 0 Å². The van der Waals surface area contributed by atoms with Crippen LogP contribution in [-0.4, -0.2) is 22.6 Å². The highest BCUT2D eigenvalue weighted by Crippen LogP contribution is 2.26. The second-order valence-electron chi connectivity index (χ2n) is 5.78. The van der Waals surface area contributed by atoms with Gasteiger partial charge in [0.1, 0.15) is 5.82 Å². The lowest BCUT2D eigenvalue weighted by Gasteiger charge is -2.30. The zero-order valence-corrected chi connectivity index (χ0v) is 14.6. The standard InChI is InChI=1S/C17H21BrN4/c1-3-12(2)20-17-19-8-6-16(21-17)22-9-7-13-4-5-15(18)10-14(13)11-22/h4-6,8,10,12H,3,7,9,11H2,1-2H3,(H,19,20,21)/t12-/m0/s1. The monoisotopic (exact) mass is 360 g/mol. The molecule has 1 aliphatic heterocycles. The van der Waals surface area contributed by atoms with Crippen molar-refractivity contribution in [3.05, 3.63) is 46.1 Å². The number of rotatable bonds is 4. The van der Waals surface area contributed by atoms with Gasteiger partial charge in [-0.2, -0.15) is 4.98 Å². The predicted molar refractivity (Wildman–Crippen MR) is 94.3 cm³/mol. The molecule has 0 aliphatic carbocycles. The summed E-state index contributed by atoms with van der Waals surface area (Å²) in [5.74, 6) is 1.71. The van der Waals surface area contributed by atoms with Gasteiger partial charge in [0, 0.05) is 29.8 Å².